The predicted octanol–water partition coefficient (Wildman–Crippen LogP) is 2.75. The average Bonchev–Trinajstić information content (AvgIpc) is 2.35. The number of rotatable bonds is 7. The molecule has 1 aromatic rings. The third-order valence-corrected chi connectivity index (χ3v) is 2.67. The Morgan fingerprint density at radius 3 is 2.59 bits per heavy atom. The summed E-state index contributed by atoms with van der Waals surface area (Å²) in [6.07, 6.45) is 2.94. The fourth-order valence-corrected chi connectivity index (χ4v) is 1.58. The van der Waals surface area contributed by atoms with E-state index in [4.69, 9.17) is 0 Å². The molecule has 0 fully saturated rings. The van der Waals surface area contributed by atoms with E-state index in [9.17, 15) is 4.79 Å². The van der Waals surface area contributed by atoms with Gasteiger partial charge < -0.3 is 10.2 Å². The molecule has 0 spiro atoms. The second-order valence-electron chi connectivity index (χ2n) is 4.32. The number of nitrogens with one attached hydrogen (secondary N) is 1. The van der Waals surface area contributed by atoms with Crippen LogP contribution in [0.3, 0.4) is 0 Å². The summed E-state index contributed by atoms with van der Waals surface area (Å²) < 4.78 is 0. The largest absolute Gasteiger partial charge is 0.326 e. The van der Waals surface area contributed by atoms with Crippen molar-refractivity contribution in [1.29, 1.82) is 0 Å². The van der Waals surface area contributed by atoms with Crippen molar-refractivity contribution in [1.82, 2.24) is 4.90 Å². The van der Waals surface area contributed by atoms with Crippen LogP contribution >= 0.6 is 0 Å². The van der Waals surface area contributed by atoms with Crippen LogP contribution in [-0.2, 0) is 4.79 Å². The summed E-state index contributed by atoms with van der Waals surface area (Å²) >= 11 is 0. The van der Waals surface area contributed by atoms with E-state index in [2.05, 4.69) is 24.2 Å². The first kappa shape index (κ1) is 13.7. The topological polar surface area (TPSA) is 32.3 Å². The standard InChI is InChI=1S/C14H22N2O/c1-3-4-11-16(2)12-10-14(17)15-13-8-6-5-7-9-13/h5-9H,3-4,10-12H2,1-2H3,(H,15,17). The molecule has 0 aromatic heterocycles. The molecule has 0 aliphatic heterocycles. The van der Waals surface area contributed by atoms with Gasteiger partial charge in [0.15, 0.2) is 0 Å². The number of anilines is 1. The zero-order valence-electron chi connectivity index (χ0n) is 10.8. The van der Waals surface area contributed by atoms with Crippen LogP contribution in [0.4, 0.5) is 5.69 Å². The molecule has 3 nitrogen and oxygen atoms in total. The highest BCUT2D eigenvalue weighted by atomic mass is 16.1. The van der Waals surface area contributed by atoms with Crippen LogP contribution in [0.5, 0.6) is 0 Å². The van der Waals surface area contributed by atoms with E-state index >= 15 is 0 Å². The minimum absolute atomic E-state index is 0.0829. The van der Waals surface area contributed by atoms with Crippen LogP contribution in [0, 0.1) is 0 Å². The Bertz CT molecular complexity index is 324. The molecule has 1 N–H and O–H groups in total. The van der Waals surface area contributed by atoms with Gasteiger partial charge in [-0.2, -0.15) is 0 Å². The van der Waals surface area contributed by atoms with Gasteiger partial charge in [0.1, 0.15) is 0 Å². The molecule has 0 aliphatic rings. The van der Waals surface area contributed by atoms with Crippen LogP contribution < -0.4 is 5.32 Å². The van der Waals surface area contributed by atoms with Crippen molar-refractivity contribution < 1.29 is 4.79 Å². The lowest BCUT2D eigenvalue weighted by Crippen LogP contribution is -2.25. The molecule has 3 heteroatoms. The lowest BCUT2D eigenvalue weighted by atomic mass is 10.3. The summed E-state index contributed by atoms with van der Waals surface area (Å²) in [6.45, 7) is 4.06. The normalized spacial score (nSPS) is 10.5. The van der Waals surface area contributed by atoms with Gasteiger partial charge in [-0.05, 0) is 32.1 Å². The molecule has 17 heavy (non-hydrogen) atoms. The number of unbranched alkanes of at least 4 members (excludes halogenated alkanes) is 1. The van der Waals surface area contributed by atoms with E-state index < -0.39 is 0 Å². The Kier molecular flexibility index (Phi) is 6.33. The molecule has 1 rings (SSSR count). The summed E-state index contributed by atoms with van der Waals surface area (Å²) in [7, 11) is 2.06. The maximum absolute atomic E-state index is 11.7. The lowest BCUT2D eigenvalue weighted by molar-refractivity contribution is -0.116. The van der Waals surface area contributed by atoms with E-state index in [1.54, 1.807) is 0 Å². The molecule has 0 aliphatic carbocycles. The summed E-state index contributed by atoms with van der Waals surface area (Å²) in [5.41, 5.74) is 0.869. The smallest absolute Gasteiger partial charge is 0.225 e. The zero-order valence-corrected chi connectivity index (χ0v) is 10.8. The van der Waals surface area contributed by atoms with Crippen molar-refractivity contribution in [2.45, 2.75) is 26.2 Å². The number of para-hydroxylation sites is 1. The predicted molar refractivity (Wildman–Crippen MR) is 72.1 cm³/mol. The molecule has 0 atom stereocenters. The third-order valence-electron chi connectivity index (χ3n) is 2.67. The maximum atomic E-state index is 11.7. The van der Waals surface area contributed by atoms with Gasteiger partial charge in [0.2, 0.25) is 5.91 Å². The first-order valence-electron chi connectivity index (χ1n) is 6.26. The van der Waals surface area contributed by atoms with Crippen LogP contribution in [0.2, 0.25) is 0 Å². The van der Waals surface area contributed by atoms with E-state index in [-0.39, 0.29) is 5.91 Å². The minimum atomic E-state index is 0.0829. The molecule has 0 radical (unpaired) electrons. The number of hydrogen-bond acceptors (Lipinski definition) is 2. The minimum Gasteiger partial charge on any atom is -0.326 e. The molecule has 0 heterocycles. The van der Waals surface area contributed by atoms with Gasteiger partial charge in [-0.25, -0.2) is 0 Å². The van der Waals surface area contributed by atoms with Gasteiger partial charge in [-0.3, -0.25) is 4.79 Å². The Hall–Kier alpha value is -1.35. The van der Waals surface area contributed by atoms with Crippen molar-refractivity contribution in [3.05, 3.63) is 30.3 Å². The molecule has 94 valence electrons. The summed E-state index contributed by atoms with van der Waals surface area (Å²) in [5.74, 6) is 0.0829. The van der Waals surface area contributed by atoms with Gasteiger partial charge in [0, 0.05) is 18.7 Å². The molecule has 0 bridgehead atoms. The second kappa shape index (κ2) is 7.85. The van der Waals surface area contributed by atoms with Gasteiger partial charge in [-0.15, -0.1) is 0 Å². The summed E-state index contributed by atoms with van der Waals surface area (Å²) in [5, 5.41) is 2.89. The Morgan fingerprint density at radius 2 is 1.94 bits per heavy atom. The molecule has 1 amide bonds. The zero-order chi connectivity index (χ0) is 12.5. The van der Waals surface area contributed by atoms with Crippen molar-refractivity contribution in [2.24, 2.45) is 0 Å². The molecule has 0 saturated carbocycles. The first-order chi connectivity index (χ1) is 8.22. The second-order valence-corrected chi connectivity index (χ2v) is 4.32. The average molecular weight is 234 g/mol. The van der Waals surface area contributed by atoms with Crippen LogP contribution in [0.25, 0.3) is 0 Å². The van der Waals surface area contributed by atoms with Gasteiger partial charge in [-0.1, -0.05) is 31.5 Å². The molecule has 1 aromatic carbocycles. The quantitative estimate of drug-likeness (QED) is 0.786. The Balaban J connectivity index is 2.21. The van der Waals surface area contributed by atoms with E-state index in [0.29, 0.717) is 6.42 Å². The first-order valence-corrected chi connectivity index (χ1v) is 6.26. The van der Waals surface area contributed by atoms with Crippen molar-refractivity contribution in [3.63, 3.8) is 0 Å². The molecule has 0 unspecified atom stereocenters. The number of nitrogens with zero attached hydrogens (tertiary/aromatic N) is 1. The monoisotopic (exact) mass is 234 g/mol. The molecular weight excluding hydrogens is 212 g/mol. The van der Waals surface area contributed by atoms with Crippen LogP contribution in [-0.4, -0.2) is 30.9 Å². The summed E-state index contributed by atoms with van der Waals surface area (Å²) in [4.78, 5) is 13.9. The van der Waals surface area contributed by atoms with Crippen molar-refractivity contribution in [2.75, 3.05) is 25.5 Å². The number of amides is 1. The van der Waals surface area contributed by atoms with E-state index in [1.807, 2.05) is 30.3 Å². The van der Waals surface area contributed by atoms with Crippen molar-refractivity contribution >= 4 is 11.6 Å². The number of carbonyl (C=O) groups is 1. The highest BCUT2D eigenvalue weighted by Crippen LogP contribution is 2.05. The van der Waals surface area contributed by atoms with Crippen LogP contribution in [0.15, 0.2) is 30.3 Å². The Labute approximate surface area is 104 Å². The number of carbonyl (C=O) groups excluding carboxylic acids is 1. The number of hydrogen-bond donors (Lipinski definition) is 1. The Morgan fingerprint density at radius 1 is 1.24 bits per heavy atom. The number of benzene rings is 1. The van der Waals surface area contributed by atoms with Gasteiger partial charge in [0.05, 0.1) is 0 Å². The van der Waals surface area contributed by atoms with E-state index in [1.165, 1.54) is 12.8 Å². The van der Waals surface area contributed by atoms with Gasteiger partial charge in [0.25, 0.3) is 0 Å². The van der Waals surface area contributed by atoms with Crippen LogP contribution in [0.1, 0.15) is 26.2 Å². The maximum Gasteiger partial charge on any atom is 0.225 e. The van der Waals surface area contributed by atoms with Gasteiger partial charge >= 0.3 is 0 Å². The highest BCUT2D eigenvalue weighted by molar-refractivity contribution is 5.90. The van der Waals surface area contributed by atoms with Crippen molar-refractivity contribution in [3.8, 4) is 0 Å². The fourth-order valence-electron chi connectivity index (χ4n) is 1.58. The fraction of sp³-hybridized carbons (Fsp3) is 0.500. The lowest BCUT2D eigenvalue weighted by Gasteiger charge is -2.15. The summed E-state index contributed by atoms with van der Waals surface area (Å²) in [6, 6.07) is 9.58. The third kappa shape index (κ3) is 6.07. The molecular formula is C14H22N2O. The molecule has 0 saturated heterocycles. The highest BCUT2D eigenvalue weighted by Gasteiger charge is 2.04. The SMILES string of the molecule is CCCCN(C)CCC(=O)Nc1ccccc1. The van der Waals surface area contributed by atoms with E-state index in [0.717, 1.165) is 18.8 Å².